The lowest BCUT2D eigenvalue weighted by Crippen LogP contribution is -2.13. The lowest BCUT2D eigenvalue weighted by molar-refractivity contribution is -0.146. The Labute approximate surface area is 106 Å². The zero-order valence-electron chi connectivity index (χ0n) is 8.89. The van der Waals surface area contributed by atoms with Gasteiger partial charge in [0.05, 0.1) is 5.33 Å². The molecule has 1 atom stereocenters. The number of aliphatic carboxylic acids is 1. The first-order chi connectivity index (χ1) is 7.95. The monoisotopic (exact) mass is 301 g/mol. The summed E-state index contributed by atoms with van der Waals surface area (Å²) in [6.07, 6.45) is -1.50. The van der Waals surface area contributed by atoms with E-state index >= 15 is 0 Å². The predicted octanol–water partition coefficient (Wildman–Crippen LogP) is 0.893. The number of aliphatic hydroxyl groups excluding tert-OH is 1. The number of anilines is 1. The molecular formula is C11H12BrNO4. The second-order valence-corrected chi connectivity index (χ2v) is 4.11. The van der Waals surface area contributed by atoms with E-state index in [1.165, 1.54) is 12.1 Å². The predicted molar refractivity (Wildman–Crippen MR) is 66.0 cm³/mol. The van der Waals surface area contributed by atoms with Crippen LogP contribution in [0.4, 0.5) is 5.69 Å². The minimum Gasteiger partial charge on any atom is -0.479 e. The van der Waals surface area contributed by atoms with Crippen molar-refractivity contribution in [1.29, 1.82) is 0 Å². The maximum Gasteiger partial charge on any atom is 0.337 e. The van der Waals surface area contributed by atoms with E-state index in [1.807, 2.05) is 0 Å². The van der Waals surface area contributed by atoms with Gasteiger partial charge in [-0.15, -0.1) is 0 Å². The number of carboxylic acid groups (broad SMARTS) is 1. The van der Waals surface area contributed by atoms with E-state index < -0.39 is 12.1 Å². The Bertz CT molecular complexity index is 447. The third kappa shape index (κ3) is 3.54. The Kier molecular flexibility index (Phi) is 4.65. The normalized spacial score (nSPS) is 12.1. The molecule has 92 valence electrons. The Balaban J connectivity index is 3.02. The molecule has 0 saturated heterocycles. The van der Waals surface area contributed by atoms with Crippen molar-refractivity contribution in [3.63, 3.8) is 0 Å². The molecule has 0 saturated carbocycles. The molecular weight excluding hydrogens is 290 g/mol. The summed E-state index contributed by atoms with van der Waals surface area (Å²) in [5.74, 6) is -1.41. The van der Waals surface area contributed by atoms with Crippen molar-refractivity contribution in [2.45, 2.75) is 12.5 Å². The molecule has 5 nitrogen and oxygen atoms in total. The molecule has 0 aliphatic carbocycles. The first-order valence-electron chi connectivity index (χ1n) is 4.82. The van der Waals surface area contributed by atoms with E-state index in [0.717, 1.165) is 0 Å². The van der Waals surface area contributed by atoms with Crippen LogP contribution < -0.4 is 5.73 Å². The number of halogens is 1. The standard InChI is InChI=1S/C11H12BrNO4/c12-5-7(14)3-6-1-2-9(13)8(4-6)10(15)11(16)17/h1-2,4,10,15H,3,5,13H2,(H,16,17). The highest BCUT2D eigenvalue weighted by Gasteiger charge is 2.19. The van der Waals surface area contributed by atoms with E-state index in [-0.39, 0.29) is 28.8 Å². The average Bonchev–Trinajstić information content (AvgIpc) is 2.30. The Morgan fingerprint density at radius 3 is 2.59 bits per heavy atom. The first-order valence-corrected chi connectivity index (χ1v) is 5.94. The SMILES string of the molecule is Nc1ccc(CC(=O)CBr)cc1C(O)C(=O)O. The van der Waals surface area contributed by atoms with E-state index in [1.54, 1.807) is 6.07 Å². The summed E-state index contributed by atoms with van der Waals surface area (Å²) >= 11 is 3.04. The van der Waals surface area contributed by atoms with Gasteiger partial charge in [-0.05, 0) is 11.6 Å². The summed E-state index contributed by atoms with van der Waals surface area (Å²) in [5.41, 5.74) is 6.50. The van der Waals surface area contributed by atoms with Gasteiger partial charge in [-0.25, -0.2) is 4.79 Å². The number of aliphatic hydroxyl groups is 1. The number of hydrogen-bond donors (Lipinski definition) is 3. The van der Waals surface area contributed by atoms with Gasteiger partial charge in [-0.1, -0.05) is 28.1 Å². The maximum absolute atomic E-state index is 11.2. The zero-order valence-corrected chi connectivity index (χ0v) is 10.5. The lowest BCUT2D eigenvalue weighted by Gasteiger charge is -2.11. The molecule has 0 aliphatic rings. The molecule has 0 spiro atoms. The second kappa shape index (κ2) is 5.79. The van der Waals surface area contributed by atoms with Crippen molar-refractivity contribution in [1.82, 2.24) is 0 Å². The van der Waals surface area contributed by atoms with E-state index in [9.17, 15) is 14.7 Å². The molecule has 0 heterocycles. The van der Waals surface area contributed by atoms with Crippen LogP contribution in [0.5, 0.6) is 0 Å². The summed E-state index contributed by atoms with van der Waals surface area (Å²) in [4.78, 5) is 21.9. The highest BCUT2D eigenvalue weighted by Crippen LogP contribution is 2.22. The minimum absolute atomic E-state index is 0.0365. The van der Waals surface area contributed by atoms with Gasteiger partial charge in [0.1, 0.15) is 5.78 Å². The van der Waals surface area contributed by atoms with Crippen LogP contribution in [0.25, 0.3) is 0 Å². The molecule has 0 bridgehead atoms. The number of Topliss-reactive ketones (excluding diaryl/α,β-unsaturated/α-hetero) is 1. The summed E-state index contributed by atoms with van der Waals surface area (Å²) in [6.45, 7) is 0. The maximum atomic E-state index is 11.2. The number of carbonyl (C=O) groups is 2. The Morgan fingerprint density at radius 1 is 1.41 bits per heavy atom. The van der Waals surface area contributed by atoms with Gasteiger partial charge < -0.3 is 15.9 Å². The number of rotatable bonds is 5. The molecule has 6 heteroatoms. The van der Waals surface area contributed by atoms with E-state index in [0.29, 0.717) is 5.56 Å². The molecule has 0 radical (unpaired) electrons. The second-order valence-electron chi connectivity index (χ2n) is 3.55. The number of ketones is 1. The van der Waals surface area contributed by atoms with Crippen molar-refractivity contribution in [3.05, 3.63) is 29.3 Å². The molecule has 0 amide bonds. The Morgan fingerprint density at radius 2 is 2.06 bits per heavy atom. The summed E-state index contributed by atoms with van der Waals surface area (Å²) < 4.78 is 0. The highest BCUT2D eigenvalue weighted by molar-refractivity contribution is 9.09. The number of benzene rings is 1. The molecule has 0 aromatic heterocycles. The van der Waals surface area contributed by atoms with Crippen LogP contribution in [0.1, 0.15) is 17.2 Å². The number of carboxylic acids is 1. The minimum atomic E-state index is -1.67. The van der Waals surface area contributed by atoms with Crippen LogP contribution in [0.15, 0.2) is 18.2 Å². The molecule has 0 fully saturated rings. The van der Waals surface area contributed by atoms with Crippen LogP contribution in [0, 0.1) is 0 Å². The molecule has 1 unspecified atom stereocenters. The largest absolute Gasteiger partial charge is 0.479 e. The molecule has 4 N–H and O–H groups in total. The zero-order chi connectivity index (χ0) is 13.0. The number of alkyl halides is 1. The summed E-state index contributed by atoms with van der Waals surface area (Å²) in [5, 5.41) is 18.3. The van der Waals surface area contributed by atoms with Crippen molar-refractivity contribution >= 4 is 33.4 Å². The number of nitrogen functional groups attached to an aromatic ring is 1. The number of hydrogen-bond acceptors (Lipinski definition) is 4. The van der Waals surface area contributed by atoms with Gasteiger partial charge in [0.15, 0.2) is 6.10 Å². The van der Waals surface area contributed by atoms with Crippen molar-refractivity contribution in [3.8, 4) is 0 Å². The van der Waals surface area contributed by atoms with Gasteiger partial charge >= 0.3 is 5.97 Å². The third-order valence-electron chi connectivity index (χ3n) is 2.23. The highest BCUT2D eigenvalue weighted by atomic mass is 79.9. The van der Waals surface area contributed by atoms with Crippen molar-refractivity contribution < 1.29 is 19.8 Å². The van der Waals surface area contributed by atoms with Crippen LogP contribution >= 0.6 is 15.9 Å². The molecule has 17 heavy (non-hydrogen) atoms. The van der Waals surface area contributed by atoms with Gasteiger partial charge in [-0.3, -0.25) is 4.79 Å². The lowest BCUT2D eigenvalue weighted by atomic mass is 10.0. The summed E-state index contributed by atoms with van der Waals surface area (Å²) in [6, 6.07) is 4.56. The fraction of sp³-hybridized carbons (Fsp3) is 0.273. The number of nitrogens with two attached hydrogens (primary N) is 1. The topological polar surface area (TPSA) is 101 Å². The van der Waals surface area contributed by atoms with E-state index in [4.69, 9.17) is 10.8 Å². The summed E-state index contributed by atoms with van der Waals surface area (Å²) in [7, 11) is 0. The van der Waals surface area contributed by atoms with Crippen LogP contribution in [0.3, 0.4) is 0 Å². The quantitative estimate of drug-likeness (QED) is 0.554. The average molecular weight is 302 g/mol. The Hall–Kier alpha value is -1.40. The van der Waals surface area contributed by atoms with Gasteiger partial charge in [0.25, 0.3) is 0 Å². The van der Waals surface area contributed by atoms with Crippen molar-refractivity contribution in [2.24, 2.45) is 0 Å². The van der Waals surface area contributed by atoms with Crippen molar-refractivity contribution in [2.75, 3.05) is 11.1 Å². The van der Waals surface area contributed by atoms with Gasteiger partial charge in [0.2, 0.25) is 0 Å². The fourth-order valence-electron chi connectivity index (χ4n) is 1.38. The molecule has 1 aromatic rings. The molecule has 0 aliphatic heterocycles. The molecule has 1 aromatic carbocycles. The van der Waals surface area contributed by atoms with Crippen LogP contribution in [0.2, 0.25) is 0 Å². The van der Waals surface area contributed by atoms with Gasteiger partial charge in [0, 0.05) is 17.7 Å². The fourth-order valence-corrected chi connectivity index (χ4v) is 1.58. The first kappa shape index (κ1) is 13.7. The smallest absolute Gasteiger partial charge is 0.337 e. The van der Waals surface area contributed by atoms with E-state index in [2.05, 4.69) is 15.9 Å². The number of carbonyl (C=O) groups excluding carboxylic acids is 1. The van der Waals surface area contributed by atoms with Crippen LogP contribution in [-0.2, 0) is 16.0 Å². The van der Waals surface area contributed by atoms with Crippen LogP contribution in [-0.4, -0.2) is 27.3 Å². The van der Waals surface area contributed by atoms with Gasteiger partial charge in [-0.2, -0.15) is 0 Å². The third-order valence-corrected chi connectivity index (χ3v) is 2.86. The molecule has 1 rings (SSSR count).